The molecule has 0 unspecified atom stereocenters. The molecular weight excluding hydrogens is 366 g/mol. The van der Waals surface area contributed by atoms with E-state index in [2.05, 4.69) is 21.1 Å². The normalized spacial score (nSPS) is 22.1. The summed E-state index contributed by atoms with van der Waals surface area (Å²) in [6.45, 7) is 3.25. The minimum atomic E-state index is -0.551. The van der Waals surface area contributed by atoms with Gasteiger partial charge in [-0.2, -0.15) is 0 Å². The molecular formula is C18H25N5O5. The molecule has 0 aromatic carbocycles. The van der Waals surface area contributed by atoms with Gasteiger partial charge in [0, 0.05) is 12.1 Å². The van der Waals surface area contributed by atoms with Gasteiger partial charge < -0.3 is 20.5 Å². The van der Waals surface area contributed by atoms with Crippen molar-refractivity contribution >= 4 is 23.8 Å². The highest BCUT2D eigenvalue weighted by molar-refractivity contribution is 6.04. The standard InChI is InChI=1S/C18H25N5O5/c1-3-13-16(10(2)28-22-13)17(26)21-12-6-4-5-11(7-12)20-14(24)9-23-15(25)8-19-18(23)27/h11-12H,3-9H2,1-2H3,(H,19,27)(H,20,24)(H,21,26)/t11-,12-/m1/s1. The third kappa shape index (κ3) is 4.32. The van der Waals surface area contributed by atoms with E-state index in [-0.39, 0.29) is 37.0 Å². The first-order chi connectivity index (χ1) is 13.4. The van der Waals surface area contributed by atoms with Crippen molar-refractivity contribution in [2.45, 2.75) is 58.0 Å². The van der Waals surface area contributed by atoms with E-state index in [0.717, 1.165) is 24.2 Å². The number of aryl methyl sites for hydroxylation is 2. The van der Waals surface area contributed by atoms with Crippen LogP contribution in [0.4, 0.5) is 4.79 Å². The Morgan fingerprint density at radius 2 is 1.96 bits per heavy atom. The van der Waals surface area contributed by atoms with Crippen molar-refractivity contribution in [2.75, 3.05) is 13.1 Å². The van der Waals surface area contributed by atoms with Crippen molar-refractivity contribution in [1.29, 1.82) is 0 Å². The van der Waals surface area contributed by atoms with Crippen LogP contribution in [-0.2, 0) is 16.0 Å². The molecule has 3 rings (SSSR count). The molecule has 0 radical (unpaired) electrons. The smallest absolute Gasteiger partial charge is 0.325 e. The first-order valence-corrected chi connectivity index (χ1v) is 9.52. The molecule has 0 bridgehead atoms. The molecule has 10 nitrogen and oxygen atoms in total. The maximum atomic E-state index is 12.6. The Labute approximate surface area is 162 Å². The fraction of sp³-hybridized carbons (Fsp3) is 0.611. The van der Waals surface area contributed by atoms with Crippen molar-refractivity contribution < 1.29 is 23.7 Å². The van der Waals surface area contributed by atoms with E-state index in [1.807, 2.05) is 6.92 Å². The minimum Gasteiger partial charge on any atom is -0.361 e. The fourth-order valence-electron chi connectivity index (χ4n) is 3.69. The van der Waals surface area contributed by atoms with Crippen LogP contribution in [0.15, 0.2) is 4.52 Å². The van der Waals surface area contributed by atoms with Crippen molar-refractivity contribution in [3.63, 3.8) is 0 Å². The number of aromatic nitrogens is 1. The van der Waals surface area contributed by atoms with Crippen LogP contribution in [0, 0.1) is 6.92 Å². The van der Waals surface area contributed by atoms with Gasteiger partial charge in [-0.1, -0.05) is 12.1 Å². The predicted octanol–water partition coefficient (Wildman–Crippen LogP) is 0.254. The predicted molar refractivity (Wildman–Crippen MR) is 97.4 cm³/mol. The molecule has 1 aromatic rings. The third-order valence-electron chi connectivity index (χ3n) is 5.11. The van der Waals surface area contributed by atoms with Gasteiger partial charge in [-0.05, 0) is 39.0 Å². The van der Waals surface area contributed by atoms with Crippen LogP contribution in [0.5, 0.6) is 0 Å². The number of amides is 5. The molecule has 5 amide bonds. The highest BCUT2D eigenvalue weighted by Crippen LogP contribution is 2.20. The van der Waals surface area contributed by atoms with Crippen LogP contribution in [0.3, 0.4) is 0 Å². The summed E-state index contributed by atoms with van der Waals surface area (Å²) in [6, 6.07) is -0.756. The molecule has 1 aliphatic carbocycles. The van der Waals surface area contributed by atoms with Crippen molar-refractivity contribution in [1.82, 2.24) is 26.0 Å². The largest absolute Gasteiger partial charge is 0.361 e. The summed E-state index contributed by atoms with van der Waals surface area (Å²) in [5.41, 5.74) is 1.11. The molecule has 10 heteroatoms. The van der Waals surface area contributed by atoms with Gasteiger partial charge in [0.1, 0.15) is 17.9 Å². The summed E-state index contributed by atoms with van der Waals surface area (Å²) >= 11 is 0. The first-order valence-electron chi connectivity index (χ1n) is 9.52. The molecule has 2 fully saturated rings. The lowest BCUT2D eigenvalue weighted by atomic mass is 9.90. The lowest BCUT2D eigenvalue weighted by Gasteiger charge is -2.30. The number of hydrogen-bond donors (Lipinski definition) is 3. The van der Waals surface area contributed by atoms with Gasteiger partial charge in [-0.25, -0.2) is 4.79 Å². The fourth-order valence-corrected chi connectivity index (χ4v) is 3.69. The number of nitrogens with zero attached hydrogens (tertiary/aromatic N) is 2. The molecule has 1 saturated carbocycles. The number of carbonyl (C=O) groups is 4. The van der Waals surface area contributed by atoms with Crippen molar-refractivity contribution in [2.24, 2.45) is 0 Å². The molecule has 28 heavy (non-hydrogen) atoms. The first kappa shape index (κ1) is 19.8. The molecule has 2 heterocycles. The Morgan fingerprint density at radius 3 is 2.61 bits per heavy atom. The van der Waals surface area contributed by atoms with Gasteiger partial charge in [-0.15, -0.1) is 0 Å². The Balaban J connectivity index is 1.53. The van der Waals surface area contributed by atoms with Crippen LogP contribution in [0.2, 0.25) is 0 Å². The van der Waals surface area contributed by atoms with E-state index >= 15 is 0 Å². The lowest BCUT2D eigenvalue weighted by Crippen LogP contribution is -2.49. The zero-order valence-electron chi connectivity index (χ0n) is 16.0. The zero-order chi connectivity index (χ0) is 20.3. The number of nitrogens with one attached hydrogen (secondary N) is 3. The molecule has 0 spiro atoms. The van der Waals surface area contributed by atoms with Gasteiger partial charge in [-0.3, -0.25) is 19.3 Å². The second kappa shape index (κ2) is 8.41. The van der Waals surface area contributed by atoms with E-state index < -0.39 is 11.9 Å². The number of urea groups is 1. The maximum Gasteiger partial charge on any atom is 0.325 e. The summed E-state index contributed by atoms with van der Waals surface area (Å²) in [5, 5.41) is 12.2. The SMILES string of the molecule is CCc1noc(C)c1C(=O)N[C@@H]1CCC[C@@H](NC(=O)CN2C(=O)CNC2=O)C1. The van der Waals surface area contributed by atoms with Crippen molar-refractivity contribution in [3.05, 3.63) is 17.0 Å². The van der Waals surface area contributed by atoms with E-state index in [1.54, 1.807) is 6.92 Å². The van der Waals surface area contributed by atoms with Crippen LogP contribution in [0.25, 0.3) is 0 Å². The summed E-state index contributed by atoms with van der Waals surface area (Å²) in [6.07, 6.45) is 3.64. The van der Waals surface area contributed by atoms with Crippen LogP contribution < -0.4 is 16.0 Å². The van der Waals surface area contributed by atoms with E-state index in [4.69, 9.17) is 4.52 Å². The van der Waals surface area contributed by atoms with E-state index in [1.165, 1.54) is 0 Å². The van der Waals surface area contributed by atoms with E-state index in [0.29, 0.717) is 29.9 Å². The third-order valence-corrected chi connectivity index (χ3v) is 5.11. The zero-order valence-corrected chi connectivity index (χ0v) is 16.0. The molecule has 1 saturated heterocycles. The van der Waals surface area contributed by atoms with Gasteiger partial charge in [0.05, 0.1) is 12.2 Å². The number of carbonyl (C=O) groups excluding carboxylic acids is 4. The van der Waals surface area contributed by atoms with Gasteiger partial charge >= 0.3 is 6.03 Å². The van der Waals surface area contributed by atoms with Gasteiger partial charge in [0.25, 0.3) is 11.8 Å². The number of rotatable bonds is 6. The second-order valence-electron chi connectivity index (χ2n) is 7.15. The van der Waals surface area contributed by atoms with Gasteiger partial charge in [0.2, 0.25) is 5.91 Å². The monoisotopic (exact) mass is 391 g/mol. The summed E-state index contributed by atoms with van der Waals surface area (Å²) in [7, 11) is 0. The Hall–Kier alpha value is -2.91. The molecule has 2 aliphatic rings. The average molecular weight is 391 g/mol. The summed E-state index contributed by atoms with van der Waals surface area (Å²) in [4.78, 5) is 48.8. The molecule has 1 aliphatic heterocycles. The van der Waals surface area contributed by atoms with Crippen LogP contribution in [-0.4, -0.2) is 59.0 Å². The Bertz CT molecular complexity index is 773. The molecule has 152 valence electrons. The topological polar surface area (TPSA) is 134 Å². The average Bonchev–Trinajstić information content (AvgIpc) is 3.18. The van der Waals surface area contributed by atoms with Crippen LogP contribution in [0.1, 0.15) is 54.4 Å². The molecule has 2 atom stereocenters. The maximum absolute atomic E-state index is 12.6. The minimum absolute atomic E-state index is 0.0777. The lowest BCUT2D eigenvalue weighted by molar-refractivity contribution is -0.131. The van der Waals surface area contributed by atoms with E-state index in [9.17, 15) is 19.2 Å². The number of imide groups is 1. The molecule has 1 aromatic heterocycles. The summed E-state index contributed by atoms with van der Waals surface area (Å²) < 4.78 is 5.12. The second-order valence-corrected chi connectivity index (χ2v) is 7.15. The Morgan fingerprint density at radius 1 is 1.25 bits per heavy atom. The Kier molecular flexibility index (Phi) is 5.96. The molecule has 3 N–H and O–H groups in total. The van der Waals surface area contributed by atoms with Crippen LogP contribution >= 0.6 is 0 Å². The highest BCUT2D eigenvalue weighted by Gasteiger charge is 2.32. The summed E-state index contributed by atoms with van der Waals surface area (Å²) in [5.74, 6) is -0.522. The quantitative estimate of drug-likeness (QED) is 0.596. The number of hydrogen-bond acceptors (Lipinski definition) is 6. The van der Waals surface area contributed by atoms with Gasteiger partial charge in [0.15, 0.2) is 0 Å². The highest BCUT2D eigenvalue weighted by atomic mass is 16.5. The van der Waals surface area contributed by atoms with Crippen molar-refractivity contribution in [3.8, 4) is 0 Å².